The fourth-order valence-electron chi connectivity index (χ4n) is 1.70. The highest BCUT2D eigenvalue weighted by molar-refractivity contribution is 7.98. The summed E-state index contributed by atoms with van der Waals surface area (Å²) in [6, 6.07) is 7.54. The third kappa shape index (κ3) is 2.80. The van der Waals surface area contributed by atoms with Gasteiger partial charge in [0.1, 0.15) is 6.33 Å². The lowest BCUT2D eigenvalue weighted by atomic mass is 10.3. The third-order valence-electron chi connectivity index (χ3n) is 2.60. The van der Waals surface area contributed by atoms with Crippen molar-refractivity contribution in [1.29, 1.82) is 0 Å². The van der Waals surface area contributed by atoms with Gasteiger partial charge in [-0.05, 0) is 18.4 Å². The topological polar surface area (TPSA) is 93.0 Å². The van der Waals surface area contributed by atoms with Crippen LogP contribution in [0.25, 0.3) is 0 Å². The molecule has 7 nitrogen and oxygen atoms in total. The van der Waals surface area contributed by atoms with Gasteiger partial charge in [-0.25, -0.2) is 9.97 Å². The summed E-state index contributed by atoms with van der Waals surface area (Å²) in [6.45, 7) is 0. The van der Waals surface area contributed by atoms with E-state index in [2.05, 4.69) is 20.6 Å². The quantitative estimate of drug-likeness (QED) is 0.497. The molecule has 2 N–H and O–H groups in total. The summed E-state index contributed by atoms with van der Waals surface area (Å²) in [6.07, 6.45) is 3.22. The number of hydrogen-bond acceptors (Lipinski definition) is 7. The smallest absolute Gasteiger partial charge is 0.353 e. The predicted molar refractivity (Wildman–Crippen MR) is 79.7 cm³/mol. The summed E-state index contributed by atoms with van der Waals surface area (Å²) in [5, 5.41) is 16.9. The first kappa shape index (κ1) is 14.1. The van der Waals surface area contributed by atoms with Crippen LogP contribution < -0.4 is 10.6 Å². The fourth-order valence-corrected chi connectivity index (χ4v) is 2.26. The van der Waals surface area contributed by atoms with E-state index in [1.807, 2.05) is 30.5 Å². The fraction of sp³-hybridized carbons (Fsp3) is 0.167. The van der Waals surface area contributed by atoms with Gasteiger partial charge in [-0.15, -0.1) is 11.8 Å². The van der Waals surface area contributed by atoms with E-state index >= 15 is 0 Å². The average molecular weight is 291 g/mol. The maximum Gasteiger partial charge on any atom is 0.353 e. The van der Waals surface area contributed by atoms with Gasteiger partial charge in [0.15, 0.2) is 0 Å². The predicted octanol–water partition coefficient (Wildman–Crippen LogP) is 2.89. The van der Waals surface area contributed by atoms with Crippen LogP contribution in [0.3, 0.4) is 0 Å². The highest BCUT2D eigenvalue weighted by Crippen LogP contribution is 2.33. The second-order valence-corrected chi connectivity index (χ2v) is 4.60. The lowest BCUT2D eigenvalue weighted by Gasteiger charge is -2.10. The summed E-state index contributed by atoms with van der Waals surface area (Å²) >= 11 is 1.55. The van der Waals surface area contributed by atoms with Crippen molar-refractivity contribution in [2.75, 3.05) is 23.9 Å². The average Bonchev–Trinajstić information content (AvgIpc) is 2.47. The zero-order chi connectivity index (χ0) is 14.5. The Bertz CT molecular complexity index is 635. The molecular weight excluding hydrogens is 278 g/mol. The highest BCUT2D eigenvalue weighted by Gasteiger charge is 2.22. The Morgan fingerprint density at radius 1 is 1.25 bits per heavy atom. The van der Waals surface area contributed by atoms with Crippen LogP contribution in [-0.4, -0.2) is 28.2 Å². The number of nitrogens with one attached hydrogen (secondary N) is 2. The van der Waals surface area contributed by atoms with Gasteiger partial charge in [0.25, 0.3) is 0 Å². The van der Waals surface area contributed by atoms with E-state index in [-0.39, 0.29) is 17.3 Å². The first-order valence-corrected chi connectivity index (χ1v) is 6.97. The Hall–Kier alpha value is -2.35. The maximum atomic E-state index is 11.2. The zero-order valence-corrected chi connectivity index (χ0v) is 11.8. The van der Waals surface area contributed by atoms with E-state index in [4.69, 9.17) is 0 Å². The monoisotopic (exact) mass is 291 g/mol. The van der Waals surface area contributed by atoms with Crippen LogP contribution in [0.15, 0.2) is 35.5 Å². The van der Waals surface area contributed by atoms with Crippen LogP contribution >= 0.6 is 11.8 Å². The summed E-state index contributed by atoms with van der Waals surface area (Å²) in [4.78, 5) is 19.5. The van der Waals surface area contributed by atoms with Gasteiger partial charge in [0.2, 0.25) is 11.6 Å². The van der Waals surface area contributed by atoms with Crippen molar-refractivity contribution in [3.63, 3.8) is 0 Å². The first-order chi connectivity index (χ1) is 9.67. The van der Waals surface area contributed by atoms with Gasteiger partial charge in [-0.2, -0.15) is 0 Å². The molecule has 0 saturated heterocycles. The Balaban J connectivity index is 2.46. The highest BCUT2D eigenvalue weighted by atomic mass is 32.2. The van der Waals surface area contributed by atoms with Gasteiger partial charge in [-0.3, -0.25) is 10.1 Å². The van der Waals surface area contributed by atoms with Crippen LogP contribution in [0.1, 0.15) is 0 Å². The Labute approximate surface area is 120 Å². The Morgan fingerprint density at radius 2 is 1.95 bits per heavy atom. The molecule has 0 aliphatic heterocycles. The van der Waals surface area contributed by atoms with Crippen molar-refractivity contribution in [3.05, 3.63) is 40.7 Å². The summed E-state index contributed by atoms with van der Waals surface area (Å²) in [5.74, 6) is 0.338. The van der Waals surface area contributed by atoms with Gasteiger partial charge in [0.05, 0.1) is 10.6 Å². The molecule has 0 saturated carbocycles. The number of hydrogen-bond donors (Lipinski definition) is 2. The van der Waals surface area contributed by atoms with Crippen LogP contribution in [0.5, 0.6) is 0 Å². The molecule has 20 heavy (non-hydrogen) atoms. The molecule has 0 bridgehead atoms. The molecule has 8 heteroatoms. The van der Waals surface area contributed by atoms with Crippen molar-refractivity contribution in [2.24, 2.45) is 0 Å². The number of benzene rings is 1. The van der Waals surface area contributed by atoms with E-state index in [0.29, 0.717) is 0 Å². The normalized spacial score (nSPS) is 10.1. The van der Waals surface area contributed by atoms with Crippen LogP contribution in [0, 0.1) is 10.1 Å². The Kier molecular flexibility index (Phi) is 4.36. The van der Waals surface area contributed by atoms with Gasteiger partial charge in [-0.1, -0.05) is 12.1 Å². The minimum atomic E-state index is -0.504. The van der Waals surface area contributed by atoms with E-state index in [1.54, 1.807) is 18.8 Å². The number of rotatable bonds is 5. The minimum Gasteiger partial charge on any atom is -0.367 e. The number of nitrogens with zero attached hydrogens (tertiary/aromatic N) is 3. The summed E-state index contributed by atoms with van der Waals surface area (Å²) < 4.78 is 0. The molecule has 1 heterocycles. The molecule has 0 fully saturated rings. The second kappa shape index (κ2) is 6.20. The van der Waals surface area contributed by atoms with Crippen molar-refractivity contribution in [1.82, 2.24) is 9.97 Å². The molecule has 0 atom stereocenters. The SMILES string of the molecule is CNc1ncnc(Nc2ccccc2SC)c1[N+](=O)[O-]. The molecule has 0 unspecified atom stereocenters. The van der Waals surface area contributed by atoms with E-state index in [9.17, 15) is 10.1 Å². The lowest BCUT2D eigenvalue weighted by Crippen LogP contribution is -2.05. The molecule has 1 aromatic heterocycles. The van der Waals surface area contributed by atoms with Crippen molar-refractivity contribution >= 4 is 34.8 Å². The largest absolute Gasteiger partial charge is 0.367 e. The summed E-state index contributed by atoms with van der Waals surface area (Å²) in [5.41, 5.74) is 0.592. The zero-order valence-electron chi connectivity index (χ0n) is 11.0. The third-order valence-corrected chi connectivity index (χ3v) is 3.40. The van der Waals surface area contributed by atoms with E-state index < -0.39 is 4.92 Å². The number of thioether (sulfide) groups is 1. The van der Waals surface area contributed by atoms with Crippen LogP contribution in [-0.2, 0) is 0 Å². The molecular formula is C12H13N5O2S. The molecule has 1 aromatic carbocycles. The second-order valence-electron chi connectivity index (χ2n) is 3.75. The molecule has 2 rings (SSSR count). The minimum absolute atomic E-state index is 0.163. The van der Waals surface area contributed by atoms with Gasteiger partial charge in [0, 0.05) is 11.9 Å². The van der Waals surface area contributed by atoms with Crippen molar-refractivity contribution < 1.29 is 4.92 Å². The molecule has 0 spiro atoms. The van der Waals surface area contributed by atoms with E-state index in [1.165, 1.54) is 6.33 Å². The molecule has 0 aliphatic rings. The first-order valence-electron chi connectivity index (χ1n) is 5.74. The van der Waals surface area contributed by atoms with Crippen molar-refractivity contribution in [2.45, 2.75) is 4.90 Å². The van der Waals surface area contributed by atoms with Crippen molar-refractivity contribution in [3.8, 4) is 0 Å². The lowest BCUT2D eigenvalue weighted by molar-refractivity contribution is -0.383. The van der Waals surface area contributed by atoms with Gasteiger partial charge < -0.3 is 10.6 Å². The number of anilines is 3. The number of aromatic nitrogens is 2. The van der Waals surface area contributed by atoms with E-state index in [0.717, 1.165) is 10.6 Å². The van der Waals surface area contributed by atoms with Crippen LogP contribution in [0.2, 0.25) is 0 Å². The molecule has 2 aromatic rings. The summed E-state index contributed by atoms with van der Waals surface area (Å²) in [7, 11) is 1.58. The molecule has 0 radical (unpaired) electrons. The molecule has 104 valence electrons. The Morgan fingerprint density at radius 3 is 2.60 bits per heavy atom. The number of para-hydroxylation sites is 1. The number of nitro groups is 1. The van der Waals surface area contributed by atoms with Crippen LogP contribution in [0.4, 0.5) is 23.0 Å². The standard InChI is InChI=1S/C12H13N5O2S/c1-13-11-10(17(18)19)12(15-7-14-11)16-8-5-3-4-6-9(8)20-2/h3-7H,1-2H3,(H2,13,14,15,16). The van der Waals surface area contributed by atoms with Gasteiger partial charge >= 0.3 is 5.69 Å². The maximum absolute atomic E-state index is 11.2. The molecule has 0 aliphatic carbocycles. The molecule has 0 amide bonds.